The molecule has 158 valence electrons. The van der Waals surface area contributed by atoms with Crippen LogP contribution in [0.2, 0.25) is 0 Å². The minimum Gasteiger partial charge on any atom is -0.496 e. The summed E-state index contributed by atoms with van der Waals surface area (Å²) in [6, 6.07) is 15.8. The van der Waals surface area contributed by atoms with E-state index in [9.17, 15) is 4.79 Å². The smallest absolute Gasteiger partial charge is 0.224 e. The maximum Gasteiger partial charge on any atom is 0.224 e. The van der Waals surface area contributed by atoms with Gasteiger partial charge < -0.3 is 20.3 Å². The van der Waals surface area contributed by atoms with Crippen molar-refractivity contribution in [3.05, 3.63) is 59.7 Å². The van der Waals surface area contributed by atoms with Gasteiger partial charge in [0, 0.05) is 44.9 Å². The Morgan fingerprint density at radius 2 is 1.93 bits per heavy atom. The van der Waals surface area contributed by atoms with Crippen LogP contribution in [-0.4, -0.2) is 38.0 Å². The fraction of sp³-hybridized carbons (Fsp3) is 0.364. The van der Waals surface area contributed by atoms with Crippen LogP contribution in [0.1, 0.15) is 30.9 Å². The lowest BCUT2D eigenvalue weighted by atomic mass is 10.2. The Balaban J connectivity index is 0.00000420. The number of carbonyl (C=O) groups excluding carboxylic acids is 1. The lowest BCUT2D eigenvalue weighted by Crippen LogP contribution is -2.38. The third-order valence-corrected chi connectivity index (χ3v) is 4.31. The molecule has 0 atom stereocenters. The Kier molecular flexibility index (Phi) is 11.1. The number of carbonyl (C=O) groups is 1. The summed E-state index contributed by atoms with van der Waals surface area (Å²) < 4.78 is 5.43. The summed E-state index contributed by atoms with van der Waals surface area (Å²) in [5.41, 5.74) is 2.98. The van der Waals surface area contributed by atoms with E-state index >= 15 is 0 Å². The molecule has 0 spiro atoms. The molecular formula is C22H31IN4O2. The largest absolute Gasteiger partial charge is 0.496 e. The zero-order chi connectivity index (χ0) is 20.4. The second-order valence-electron chi connectivity index (χ2n) is 6.57. The van der Waals surface area contributed by atoms with Gasteiger partial charge in [0.2, 0.25) is 5.91 Å². The molecule has 2 rings (SSSR count). The van der Waals surface area contributed by atoms with E-state index in [0.29, 0.717) is 19.5 Å². The fourth-order valence-corrected chi connectivity index (χ4v) is 2.94. The number of aliphatic imine (C=N–C) groups is 1. The lowest BCUT2D eigenvalue weighted by Gasteiger charge is -2.23. The standard InChI is InChI=1S/C22H30N4O2.HI/c1-5-9-21(27)25-19-12-8-10-17(14-19)15-24-22(23-2)26(3)16-18-11-6-7-13-20(18)28-4;/h6-8,10-14H,5,9,15-16H2,1-4H3,(H,23,24)(H,25,27);1H. The van der Waals surface area contributed by atoms with Gasteiger partial charge in [-0.3, -0.25) is 9.79 Å². The average Bonchev–Trinajstić information content (AvgIpc) is 2.69. The Morgan fingerprint density at radius 3 is 2.62 bits per heavy atom. The third kappa shape index (κ3) is 7.92. The molecule has 0 aliphatic heterocycles. The highest BCUT2D eigenvalue weighted by Gasteiger charge is 2.10. The van der Waals surface area contributed by atoms with Crippen molar-refractivity contribution < 1.29 is 9.53 Å². The zero-order valence-electron chi connectivity index (χ0n) is 17.6. The number of ether oxygens (including phenoxy) is 1. The predicted octanol–water partition coefficient (Wildman–Crippen LogP) is 4.26. The van der Waals surface area contributed by atoms with Gasteiger partial charge in [-0.25, -0.2) is 0 Å². The monoisotopic (exact) mass is 510 g/mol. The summed E-state index contributed by atoms with van der Waals surface area (Å²) >= 11 is 0. The van der Waals surface area contributed by atoms with Gasteiger partial charge in [-0.2, -0.15) is 0 Å². The van der Waals surface area contributed by atoms with Crippen molar-refractivity contribution >= 4 is 41.5 Å². The van der Waals surface area contributed by atoms with Gasteiger partial charge >= 0.3 is 0 Å². The van der Waals surface area contributed by atoms with Crippen molar-refractivity contribution in [3.8, 4) is 5.75 Å². The first kappa shape index (κ1) is 24.7. The number of nitrogens with one attached hydrogen (secondary N) is 2. The van der Waals surface area contributed by atoms with Crippen molar-refractivity contribution in [1.82, 2.24) is 10.2 Å². The number of amides is 1. The van der Waals surface area contributed by atoms with E-state index in [1.165, 1.54) is 0 Å². The van der Waals surface area contributed by atoms with Crippen molar-refractivity contribution in [3.63, 3.8) is 0 Å². The van der Waals surface area contributed by atoms with Gasteiger partial charge in [0.05, 0.1) is 7.11 Å². The Labute approximate surface area is 190 Å². The average molecular weight is 510 g/mol. The van der Waals surface area contributed by atoms with E-state index < -0.39 is 0 Å². The maximum atomic E-state index is 11.8. The highest BCUT2D eigenvalue weighted by Crippen LogP contribution is 2.19. The summed E-state index contributed by atoms with van der Waals surface area (Å²) in [6.45, 7) is 3.28. The Hall–Kier alpha value is -2.29. The first-order valence-corrected chi connectivity index (χ1v) is 9.49. The molecule has 0 unspecified atom stereocenters. The van der Waals surface area contributed by atoms with E-state index in [2.05, 4.69) is 15.6 Å². The molecule has 2 aromatic carbocycles. The normalized spacial score (nSPS) is 10.7. The van der Waals surface area contributed by atoms with Crippen LogP contribution >= 0.6 is 24.0 Å². The van der Waals surface area contributed by atoms with Crippen LogP contribution in [-0.2, 0) is 17.9 Å². The number of hydrogen-bond donors (Lipinski definition) is 2. The summed E-state index contributed by atoms with van der Waals surface area (Å²) in [6.07, 6.45) is 1.37. The number of anilines is 1. The van der Waals surface area contributed by atoms with Crippen LogP contribution in [0.25, 0.3) is 0 Å². The SMILES string of the molecule is CCCC(=O)Nc1cccc(CNC(=NC)N(C)Cc2ccccc2OC)c1.I. The molecule has 0 aliphatic rings. The minimum absolute atomic E-state index is 0. The zero-order valence-corrected chi connectivity index (χ0v) is 19.9. The fourth-order valence-electron chi connectivity index (χ4n) is 2.94. The highest BCUT2D eigenvalue weighted by molar-refractivity contribution is 14.0. The number of rotatable bonds is 8. The van der Waals surface area contributed by atoms with Crippen LogP contribution in [0.5, 0.6) is 5.75 Å². The van der Waals surface area contributed by atoms with Crippen molar-refractivity contribution in [2.45, 2.75) is 32.9 Å². The third-order valence-electron chi connectivity index (χ3n) is 4.31. The van der Waals surface area contributed by atoms with Crippen LogP contribution in [0.15, 0.2) is 53.5 Å². The molecule has 1 amide bonds. The van der Waals surface area contributed by atoms with Crippen molar-refractivity contribution in [1.29, 1.82) is 0 Å². The Morgan fingerprint density at radius 1 is 1.17 bits per heavy atom. The second-order valence-corrected chi connectivity index (χ2v) is 6.57. The van der Waals surface area contributed by atoms with Gasteiger partial charge in [0.1, 0.15) is 5.75 Å². The molecule has 0 aromatic heterocycles. The van der Waals surface area contributed by atoms with E-state index in [1.54, 1.807) is 14.2 Å². The van der Waals surface area contributed by atoms with Gasteiger partial charge in [0.25, 0.3) is 0 Å². The number of hydrogen-bond acceptors (Lipinski definition) is 3. The topological polar surface area (TPSA) is 66.0 Å². The maximum absolute atomic E-state index is 11.8. The highest BCUT2D eigenvalue weighted by atomic mass is 127. The van der Waals surface area contributed by atoms with Crippen LogP contribution in [0.3, 0.4) is 0 Å². The van der Waals surface area contributed by atoms with Gasteiger partial charge in [-0.15, -0.1) is 24.0 Å². The first-order chi connectivity index (χ1) is 13.6. The van der Waals surface area contributed by atoms with Crippen molar-refractivity contribution in [2.75, 3.05) is 26.5 Å². The summed E-state index contributed by atoms with van der Waals surface area (Å²) in [7, 11) is 5.43. The van der Waals surface area contributed by atoms with E-state index in [4.69, 9.17) is 4.74 Å². The Bertz CT molecular complexity index is 811. The summed E-state index contributed by atoms with van der Waals surface area (Å²) in [4.78, 5) is 18.2. The van der Waals surface area contributed by atoms with Crippen molar-refractivity contribution in [2.24, 2.45) is 4.99 Å². The second kappa shape index (κ2) is 13.0. The molecule has 7 heteroatoms. The molecule has 0 bridgehead atoms. The molecule has 0 heterocycles. The number of halogens is 1. The van der Waals surface area contributed by atoms with E-state index in [0.717, 1.165) is 34.9 Å². The molecule has 2 aromatic rings. The van der Waals surface area contributed by atoms with Gasteiger partial charge in [-0.05, 0) is 30.2 Å². The lowest BCUT2D eigenvalue weighted by molar-refractivity contribution is -0.116. The van der Waals surface area contributed by atoms with Crippen LogP contribution in [0, 0.1) is 0 Å². The molecular weight excluding hydrogens is 479 g/mol. The number of para-hydroxylation sites is 1. The molecule has 2 N–H and O–H groups in total. The number of benzene rings is 2. The molecule has 0 saturated heterocycles. The molecule has 0 radical (unpaired) electrons. The van der Waals surface area contributed by atoms with E-state index in [1.807, 2.05) is 67.4 Å². The molecule has 0 saturated carbocycles. The van der Waals surface area contributed by atoms with E-state index in [-0.39, 0.29) is 29.9 Å². The molecule has 6 nitrogen and oxygen atoms in total. The van der Waals surface area contributed by atoms with Crippen LogP contribution < -0.4 is 15.4 Å². The summed E-state index contributed by atoms with van der Waals surface area (Å²) in [5, 5.41) is 6.30. The number of guanidine groups is 1. The quantitative estimate of drug-likeness (QED) is 0.317. The minimum atomic E-state index is 0. The molecule has 0 aliphatic carbocycles. The number of methoxy groups -OCH3 is 1. The molecule has 29 heavy (non-hydrogen) atoms. The van der Waals surface area contributed by atoms with Gasteiger partial charge in [-0.1, -0.05) is 37.3 Å². The van der Waals surface area contributed by atoms with Crippen LogP contribution in [0.4, 0.5) is 5.69 Å². The molecule has 0 fully saturated rings. The number of nitrogens with zero attached hydrogens (tertiary/aromatic N) is 2. The first-order valence-electron chi connectivity index (χ1n) is 9.49. The predicted molar refractivity (Wildman–Crippen MR) is 130 cm³/mol. The van der Waals surface area contributed by atoms with Gasteiger partial charge in [0.15, 0.2) is 5.96 Å². The summed E-state index contributed by atoms with van der Waals surface area (Å²) in [5.74, 6) is 1.69.